The number of nitrogens with one attached hydrogen (secondary N) is 1. The zero-order valence-electron chi connectivity index (χ0n) is 14.9. The summed E-state index contributed by atoms with van der Waals surface area (Å²) in [6.07, 6.45) is 4.31. The third-order valence-corrected chi connectivity index (χ3v) is 4.03. The van der Waals surface area contributed by atoms with Crippen LogP contribution in [0.3, 0.4) is 0 Å². The summed E-state index contributed by atoms with van der Waals surface area (Å²) in [5.74, 6) is -0.584. The Labute approximate surface area is 169 Å². The van der Waals surface area contributed by atoms with Gasteiger partial charge in [0, 0.05) is 12.3 Å². The van der Waals surface area contributed by atoms with Crippen molar-refractivity contribution in [2.75, 3.05) is 5.32 Å². The average molecular weight is 422 g/mol. The zero-order valence-corrected chi connectivity index (χ0v) is 15.6. The van der Waals surface area contributed by atoms with Crippen molar-refractivity contribution in [1.82, 2.24) is 9.78 Å². The Morgan fingerprint density at radius 2 is 1.86 bits per heavy atom. The number of amides is 1. The minimum Gasteiger partial charge on any atom is -0.435 e. The van der Waals surface area contributed by atoms with Crippen molar-refractivity contribution in [1.29, 1.82) is 0 Å². The molecule has 0 aliphatic rings. The minimum absolute atomic E-state index is 0.0278. The summed E-state index contributed by atoms with van der Waals surface area (Å²) >= 11 is 6.10. The molecule has 0 aliphatic heterocycles. The third-order valence-electron chi connectivity index (χ3n) is 3.75. The number of hydrogen-bond acceptors (Lipinski definition) is 3. The Balaban J connectivity index is 1.59. The minimum atomic E-state index is -2.89. The van der Waals surface area contributed by atoms with Gasteiger partial charge in [0.05, 0.1) is 6.54 Å². The molecule has 3 rings (SSSR count). The van der Waals surface area contributed by atoms with Crippen LogP contribution in [0.4, 0.5) is 19.0 Å². The van der Waals surface area contributed by atoms with Gasteiger partial charge in [-0.3, -0.25) is 9.48 Å². The summed E-state index contributed by atoms with van der Waals surface area (Å²) < 4.78 is 43.0. The summed E-state index contributed by atoms with van der Waals surface area (Å²) in [5, 5.41) is 7.01. The van der Waals surface area contributed by atoms with E-state index in [0.717, 1.165) is 5.56 Å². The van der Waals surface area contributed by atoms with E-state index in [1.165, 1.54) is 53.2 Å². The molecule has 1 aromatic heterocycles. The molecule has 1 amide bonds. The van der Waals surface area contributed by atoms with Crippen LogP contribution in [-0.2, 0) is 11.3 Å². The highest BCUT2D eigenvalue weighted by Gasteiger charge is 2.10. The van der Waals surface area contributed by atoms with E-state index in [9.17, 15) is 18.0 Å². The number of alkyl halides is 2. The first-order valence-corrected chi connectivity index (χ1v) is 8.78. The Kier molecular flexibility index (Phi) is 6.56. The number of ether oxygens (including phenoxy) is 1. The van der Waals surface area contributed by atoms with Crippen LogP contribution in [0.1, 0.15) is 11.1 Å². The van der Waals surface area contributed by atoms with Crippen molar-refractivity contribution in [3.05, 3.63) is 82.8 Å². The maximum atomic E-state index is 13.0. The van der Waals surface area contributed by atoms with Gasteiger partial charge in [-0.25, -0.2) is 4.39 Å². The van der Waals surface area contributed by atoms with Crippen molar-refractivity contribution in [3.63, 3.8) is 0 Å². The number of carbonyl (C=O) groups excluding carboxylic acids is 1. The Hall–Kier alpha value is -3.26. The number of aromatic nitrogens is 2. The van der Waals surface area contributed by atoms with E-state index in [-0.39, 0.29) is 22.4 Å². The molecule has 2 aromatic carbocycles. The fourth-order valence-electron chi connectivity index (χ4n) is 2.43. The van der Waals surface area contributed by atoms with Crippen LogP contribution in [0, 0.1) is 5.82 Å². The molecule has 0 bridgehead atoms. The van der Waals surface area contributed by atoms with Crippen LogP contribution in [0.2, 0.25) is 5.02 Å². The SMILES string of the molecule is O=C(/C=C\c1ccc(OC(F)F)cc1)Nc1nn(Cc2ccc(F)cc2)cc1Cl. The molecule has 0 atom stereocenters. The fourth-order valence-corrected chi connectivity index (χ4v) is 2.63. The molecular weight excluding hydrogens is 407 g/mol. The second-order valence-corrected chi connectivity index (χ2v) is 6.33. The van der Waals surface area contributed by atoms with Crippen molar-refractivity contribution in [2.45, 2.75) is 13.2 Å². The van der Waals surface area contributed by atoms with Crippen LogP contribution in [0.5, 0.6) is 5.75 Å². The quantitative estimate of drug-likeness (QED) is 0.547. The largest absolute Gasteiger partial charge is 0.435 e. The predicted molar refractivity (Wildman–Crippen MR) is 103 cm³/mol. The number of nitrogens with zero attached hydrogens (tertiary/aromatic N) is 2. The van der Waals surface area contributed by atoms with Crippen molar-refractivity contribution in [2.24, 2.45) is 0 Å². The van der Waals surface area contributed by atoms with Crippen LogP contribution < -0.4 is 10.1 Å². The van der Waals surface area contributed by atoms with Gasteiger partial charge < -0.3 is 10.1 Å². The standard InChI is InChI=1S/C20H15ClF3N3O2/c21-17-12-27(11-14-1-6-15(22)7-2-14)26-19(17)25-18(28)10-5-13-3-8-16(9-4-13)29-20(23)24/h1-10,12,20H,11H2,(H,25,26,28)/b10-5-. The van der Waals surface area contributed by atoms with E-state index in [1.807, 2.05) is 0 Å². The smallest absolute Gasteiger partial charge is 0.387 e. The monoisotopic (exact) mass is 421 g/mol. The molecule has 1 heterocycles. The molecule has 0 aliphatic carbocycles. The lowest BCUT2D eigenvalue weighted by molar-refractivity contribution is -0.111. The third kappa shape index (κ3) is 6.11. The zero-order chi connectivity index (χ0) is 20.8. The van der Waals surface area contributed by atoms with Crippen LogP contribution >= 0.6 is 11.6 Å². The summed E-state index contributed by atoms with van der Waals surface area (Å²) in [6.45, 7) is -2.53. The van der Waals surface area contributed by atoms with Gasteiger partial charge in [-0.05, 0) is 41.5 Å². The highest BCUT2D eigenvalue weighted by atomic mass is 35.5. The van der Waals surface area contributed by atoms with E-state index in [2.05, 4.69) is 15.2 Å². The molecule has 0 unspecified atom stereocenters. The van der Waals surface area contributed by atoms with E-state index in [4.69, 9.17) is 11.6 Å². The summed E-state index contributed by atoms with van der Waals surface area (Å²) in [4.78, 5) is 12.1. The van der Waals surface area contributed by atoms with Gasteiger partial charge >= 0.3 is 6.61 Å². The predicted octanol–water partition coefficient (Wildman–Crippen LogP) is 4.98. The molecule has 0 saturated heterocycles. The first kappa shape index (κ1) is 20.5. The van der Waals surface area contributed by atoms with Gasteiger partial charge in [0.25, 0.3) is 0 Å². The van der Waals surface area contributed by atoms with Gasteiger partial charge in [0.15, 0.2) is 5.82 Å². The number of rotatable bonds is 7. The van der Waals surface area contributed by atoms with Crippen LogP contribution in [-0.4, -0.2) is 22.3 Å². The maximum absolute atomic E-state index is 13.0. The van der Waals surface area contributed by atoms with E-state index in [0.29, 0.717) is 12.1 Å². The lowest BCUT2D eigenvalue weighted by atomic mass is 10.2. The Bertz CT molecular complexity index is 1000. The van der Waals surface area contributed by atoms with E-state index in [1.54, 1.807) is 18.3 Å². The molecule has 0 saturated carbocycles. The first-order chi connectivity index (χ1) is 13.9. The molecule has 9 heteroatoms. The first-order valence-electron chi connectivity index (χ1n) is 8.40. The molecule has 29 heavy (non-hydrogen) atoms. The van der Waals surface area contributed by atoms with Crippen molar-refractivity contribution < 1.29 is 22.7 Å². The van der Waals surface area contributed by atoms with Gasteiger partial charge in [-0.15, -0.1) is 0 Å². The number of hydrogen-bond donors (Lipinski definition) is 1. The highest BCUT2D eigenvalue weighted by Crippen LogP contribution is 2.20. The molecule has 0 fully saturated rings. The summed E-state index contributed by atoms with van der Waals surface area (Å²) in [7, 11) is 0. The normalized spacial score (nSPS) is 11.2. The van der Waals surface area contributed by atoms with Gasteiger partial charge in [-0.2, -0.15) is 13.9 Å². The Morgan fingerprint density at radius 3 is 2.52 bits per heavy atom. The summed E-state index contributed by atoms with van der Waals surface area (Å²) in [5.41, 5.74) is 1.44. The second-order valence-electron chi connectivity index (χ2n) is 5.92. The van der Waals surface area contributed by atoms with Crippen LogP contribution in [0.15, 0.2) is 60.8 Å². The number of halogens is 4. The molecule has 3 aromatic rings. The van der Waals surface area contributed by atoms with E-state index < -0.39 is 12.5 Å². The molecule has 0 radical (unpaired) electrons. The molecule has 0 spiro atoms. The van der Waals surface area contributed by atoms with Gasteiger partial charge in [0.2, 0.25) is 5.91 Å². The van der Waals surface area contributed by atoms with Crippen LogP contribution in [0.25, 0.3) is 6.08 Å². The second kappa shape index (κ2) is 9.29. The fraction of sp³-hybridized carbons (Fsp3) is 0.100. The molecule has 150 valence electrons. The maximum Gasteiger partial charge on any atom is 0.387 e. The lowest BCUT2D eigenvalue weighted by Crippen LogP contribution is -2.09. The van der Waals surface area contributed by atoms with Gasteiger partial charge in [0.1, 0.15) is 16.6 Å². The topological polar surface area (TPSA) is 56.1 Å². The van der Waals surface area contributed by atoms with Gasteiger partial charge in [-0.1, -0.05) is 35.9 Å². The van der Waals surface area contributed by atoms with Crippen molar-refractivity contribution in [3.8, 4) is 5.75 Å². The molecule has 1 N–H and O–H groups in total. The number of carbonyl (C=O) groups is 1. The average Bonchev–Trinajstić information content (AvgIpc) is 3.01. The molecule has 5 nitrogen and oxygen atoms in total. The highest BCUT2D eigenvalue weighted by molar-refractivity contribution is 6.33. The van der Waals surface area contributed by atoms with Crippen molar-refractivity contribution >= 4 is 29.4 Å². The number of benzene rings is 2. The van der Waals surface area contributed by atoms with E-state index >= 15 is 0 Å². The lowest BCUT2D eigenvalue weighted by Gasteiger charge is -2.03. The number of anilines is 1. The Morgan fingerprint density at radius 1 is 1.17 bits per heavy atom. The summed E-state index contributed by atoms with van der Waals surface area (Å²) in [6, 6.07) is 11.8. The molecular formula is C20H15ClF3N3O2.